The smallest absolute Gasteiger partial charge is 0.0444 e. The average Bonchev–Trinajstić information content (AvgIpc) is 2.30. The summed E-state index contributed by atoms with van der Waals surface area (Å²) in [6.45, 7) is 5.34. The van der Waals surface area contributed by atoms with Crippen molar-refractivity contribution in [2.75, 3.05) is 0 Å². The second kappa shape index (κ2) is 4.01. The first-order valence-electron chi connectivity index (χ1n) is 4.31. The van der Waals surface area contributed by atoms with Gasteiger partial charge < -0.3 is 0 Å². The van der Waals surface area contributed by atoms with Crippen LogP contribution in [0.1, 0.15) is 5.69 Å². The zero-order chi connectivity index (χ0) is 9.80. The highest BCUT2D eigenvalue weighted by Gasteiger charge is 1.97. The van der Waals surface area contributed by atoms with Crippen LogP contribution in [0.3, 0.4) is 0 Å². The van der Waals surface area contributed by atoms with Gasteiger partial charge >= 0.3 is 0 Å². The fourth-order valence-corrected chi connectivity index (χ4v) is 1.21. The molecule has 0 bridgehead atoms. The Balaban J connectivity index is 2.34. The average molecular weight is 181 g/mol. The molecule has 2 aromatic rings. The molecular formula is C12H9N2. The van der Waals surface area contributed by atoms with Gasteiger partial charge in [0.25, 0.3) is 0 Å². The second-order valence-electron chi connectivity index (χ2n) is 2.88. The van der Waals surface area contributed by atoms with E-state index in [-0.39, 0.29) is 0 Å². The Morgan fingerprint density at radius 1 is 1.07 bits per heavy atom. The molecule has 3 radical (unpaired) electrons. The van der Waals surface area contributed by atoms with E-state index in [1.807, 2.05) is 30.5 Å². The van der Waals surface area contributed by atoms with Crippen LogP contribution in [0.2, 0.25) is 0 Å². The van der Waals surface area contributed by atoms with Crippen LogP contribution in [0.5, 0.6) is 0 Å². The molecule has 14 heavy (non-hydrogen) atoms. The molecule has 2 nitrogen and oxygen atoms in total. The lowest BCUT2D eigenvalue weighted by Gasteiger charge is -2.00. The van der Waals surface area contributed by atoms with Crippen LogP contribution in [0, 0.1) is 13.3 Å². The summed E-state index contributed by atoms with van der Waals surface area (Å²) in [6.07, 6.45) is 6.82. The number of pyridine rings is 2. The van der Waals surface area contributed by atoms with Crippen LogP contribution in [0.15, 0.2) is 42.9 Å². The highest BCUT2D eigenvalue weighted by atomic mass is 14.7. The summed E-state index contributed by atoms with van der Waals surface area (Å²) in [4.78, 5) is 8.21. The highest BCUT2D eigenvalue weighted by Crippen LogP contribution is 2.16. The zero-order valence-electron chi connectivity index (χ0n) is 7.59. The van der Waals surface area contributed by atoms with Gasteiger partial charge in [-0.3, -0.25) is 9.97 Å². The number of rotatable bonds is 2. The van der Waals surface area contributed by atoms with E-state index in [1.165, 1.54) is 6.42 Å². The summed E-state index contributed by atoms with van der Waals surface area (Å²) in [5.74, 6) is 0. The standard InChI is InChI=1S/C12H9N2/c1-2-12-6-5-11(9-14-12)10-4-3-7-13-8-10/h1-9H. The van der Waals surface area contributed by atoms with E-state index in [2.05, 4.69) is 9.97 Å². The zero-order valence-corrected chi connectivity index (χ0v) is 7.59. The molecule has 0 atom stereocenters. The van der Waals surface area contributed by atoms with Gasteiger partial charge in [0.1, 0.15) is 0 Å². The maximum atomic E-state index is 5.34. The van der Waals surface area contributed by atoms with Crippen molar-refractivity contribution in [1.82, 2.24) is 9.97 Å². The number of aromatic nitrogens is 2. The van der Waals surface area contributed by atoms with Crippen molar-refractivity contribution in [1.29, 1.82) is 0 Å². The Bertz CT molecular complexity index is 392. The maximum absolute atomic E-state index is 5.34. The fourth-order valence-electron chi connectivity index (χ4n) is 1.21. The van der Waals surface area contributed by atoms with E-state index in [1.54, 1.807) is 12.4 Å². The molecule has 2 aromatic heterocycles. The number of nitrogens with zero attached hydrogens (tertiary/aromatic N) is 2. The summed E-state index contributed by atoms with van der Waals surface area (Å²) >= 11 is 0. The summed E-state index contributed by atoms with van der Waals surface area (Å²) in [7, 11) is 0. The van der Waals surface area contributed by atoms with Gasteiger partial charge in [-0.15, -0.1) is 0 Å². The third-order valence-electron chi connectivity index (χ3n) is 1.95. The number of hydrogen-bond donors (Lipinski definition) is 0. The maximum Gasteiger partial charge on any atom is 0.0444 e. The topological polar surface area (TPSA) is 25.8 Å². The van der Waals surface area contributed by atoms with Crippen LogP contribution < -0.4 is 0 Å². The molecular weight excluding hydrogens is 172 g/mol. The van der Waals surface area contributed by atoms with Crippen LogP contribution in [0.4, 0.5) is 0 Å². The first-order chi connectivity index (χ1) is 6.90. The molecule has 2 rings (SSSR count). The van der Waals surface area contributed by atoms with Gasteiger partial charge in [0.05, 0.1) is 0 Å². The SMILES string of the molecule is [CH][CH]c1ccc(-c2cccnc2)cn1. The molecule has 0 N–H and O–H groups in total. The lowest BCUT2D eigenvalue weighted by molar-refractivity contribution is 1.23. The van der Waals surface area contributed by atoms with Gasteiger partial charge in [-0.05, 0) is 19.1 Å². The predicted molar refractivity (Wildman–Crippen MR) is 55.2 cm³/mol. The van der Waals surface area contributed by atoms with E-state index >= 15 is 0 Å². The normalized spacial score (nSPS) is 10.1. The van der Waals surface area contributed by atoms with E-state index < -0.39 is 0 Å². The minimum atomic E-state index is 0.776. The van der Waals surface area contributed by atoms with Crippen molar-refractivity contribution in [3.63, 3.8) is 0 Å². The lowest BCUT2D eigenvalue weighted by Crippen LogP contribution is -1.85. The number of hydrogen-bond acceptors (Lipinski definition) is 2. The molecule has 0 spiro atoms. The summed E-state index contributed by atoms with van der Waals surface area (Å²) in [6, 6.07) is 7.75. The monoisotopic (exact) mass is 181 g/mol. The van der Waals surface area contributed by atoms with Gasteiger partial charge in [0.15, 0.2) is 0 Å². The lowest BCUT2D eigenvalue weighted by atomic mass is 10.1. The summed E-state index contributed by atoms with van der Waals surface area (Å²) in [5.41, 5.74) is 2.88. The molecule has 0 unspecified atom stereocenters. The van der Waals surface area contributed by atoms with E-state index in [9.17, 15) is 0 Å². The molecule has 0 saturated heterocycles. The highest BCUT2D eigenvalue weighted by molar-refractivity contribution is 5.61. The van der Waals surface area contributed by atoms with Gasteiger partial charge in [-0.25, -0.2) is 0 Å². The molecule has 0 fully saturated rings. The van der Waals surface area contributed by atoms with Crippen LogP contribution in [0.25, 0.3) is 11.1 Å². The van der Waals surface area contributed by atoms with Gasteiger partial charge in [0, 0.05) is 41.8 Å². The Morgan fingerprint density at radius 2 is 1.93 bits per heavy atom. The Labute approximate surface area is 83.7 Å². The van der Waals surface area contributed by atoms with Crippen molar-refractivity contribution >= 4 is 0 Å². The van der Waals surface area contributed by atoms with Crippen molar-refractivity contribution in [2.24, 2.45) is 0 Å². The Hall–Kier alpha value is -1.70. The molecule has 2 heteroatoms. The predicted octanol–water partition coefficient (Wildman–Crippen LogP) is 2.41. The molecule has 0 amide bonds. The van der Waals surface area contributed by atoms with Crippen molar-refractivity contribution in [2.45, 2.75) is 0 Å². The van der Waals surface area contributed by atoms with Crippen LogP contribution >= 0.6 is 0 Å². The minimum Gasteiger partial charge on any atom is -0.264 e. The Morgan fingerprint density at radius 3 is 2.50 bits per heavy atom. The largest absolute Gasteiger partial charge is 0.264 e. The molecule has 0 aliphatic heterocycles. The van der Waals surface area contributed by atoms with E-state index in [4.69, 9.17) is 6.92 Å². The minimum absolute atomic E-state index is 0.776. The van der Waals surface area contributed by atoms with Crippen molar-refractivity contribution in [3.8, 4) is 11.1 Å². The fraction of sp³-hybridized carbons (Fsp3) is 0. The van der Waals surface area contributed by atoms with Crippen LogP contribution in [-0.4, -0.2) is 9.97 Å². The first kappa shape index (κ1) is 8.88. The second-order valence-corrected chi connectivity index (χ2v) is 2.88. The van der Waals surface area contributed by atoms with E-state index in [0.29, 0.717) is 0 Å². The molecule has 2 heterocycles. The van der Waals surface area contributed by atoms with Crippen molar-refractivity contribution in [3.05, 3.63) is 61.9 Å². The quantitative estimate of drug-likeness (QED) is 0.711. The van der Waals surface area contributed by atoms with Gasteiger partial charge in [-0.1, -0.05) is 12.1 Å². The third-order valence-corrected chi connectivity index (χ3v) is 1.95. The first-order valence-corrected chi connectivity index (χ1v) is 4.31. The molecule has 0 aliphatic carbocycles. The molecule has 67 valence electrons. The van der Waals surface area contributed by atoms with Gasteiger partial charge in [0.2, 0.25) is 0 Å². The van der Waals surface area contributed by atoms with Crippen LogP contribution in [-0.2, 0) is 0 Å². The van der Waals surface area contributed by atoms with Gasteiger partial charge in [-0.2, -0.15) is 0 Å². The summed E-state index contributed by atoms with van der Waals surface area (Å²) in [5, 5.41) is 0. The molecule has 0 aliphatic rings. The summed E-state index contributed by atoms with van der Waals surface area (Å²) < 4.78 is 0. The molecule has 0 aromatic carbocycles. The van der Waals surface area contributed by atoms with Crippen molar-refractivity contribution < 1.29 is 0 Å². The third kappa shape index (κ3) is 1.79. The molecule has 0 saturated carbocycles. The Kier molecular flexibility index (Phi) is 2.54. The van der Waals surface area contributed by atoms with E-state index in [0.717, 1.165) is 16.8 Å².